The Bertz CT molecular complexity index is 905. The summed E-state index contributed by atoms with van der Waals surface area (Å²) in [7, 11) is 5.76. The molecule has 27 heavy (non-hydrogen) atoms. The van der Waals surface area contributed by atoms with Gasteiger partial charge in [0.2, 0.25) is 0 Å². The summed E-state index contributed by atoms with van der Waals surface area (Å²) in [6.07, 6.45) is 2.38. The molecule has 4 rings (SSSR count). The summed E-state index contributed by atoms with van der Waals surface area (Å²) in [4.78, 5) is 37.6. The number of amides is 3. The van der Waals surface area contributed by atoms with E-state index in [0.717, 1.165) is 25.2 Å². The van der Waals surface area contributed by atoms with Crippen molar-refractivity contribution in [2.45, 2.75) is 19.4 Å². The van der Waals surface area contributed by atoms with Gasteiger partial charge in [0.05, 0.1) is 11.7 Å². The first kappa shape index (κ1) is 17.3. The normalized spacial score (nSPS) is 17.4. The standard InChI is InChI=1S/C18H19BN6O2/c1-2-20-17(26)13-3-4-14-16(22-13)25(12-6-8-24(14)10-12)18(27)23-15-9-11(19)5-7-21-15/h3-5,7,9,12H,2,6,8,10H2,1H3,(H,20,26)(H,21,23,27). The number of nitrogens with zero attached hydrogens (tertiary/aromatic N) is 4. The molecule has 0 aliphatic carbocycles. The monoisotopic (exact) mass is 362 g/mol. The number of rotatable bonds is 3. The van der Waals surface area contributed by atoms with Gasteiger partial charge >= 0.3 is 6.03 Å². The van der Waals surface area contributed by atoms with Crippen molar-refractivity contribution in [2.24, 2.45) is 0 Å². The summed E-state index contributed by atoms with van der Waals surface area (Å²) in [5, 5.41) is 5.53. The van der Waals surface area contributed by atoms with Crippen LogP contribution in [0.5, 0.6) is 0 Å². The van der Waals surface area contributed by atoms with Gasteiger partial charge in [0.15, 0.2) is 5.82 Å². The summed E-state index contributed by atoms with van der Waals surface area (Å²) >= 11 is 0. The van der Waals surface area contributed by atoms with Crippen LogP contribution in [0.15, 0.2) is 30.5 Å². The van der Waals surface area contributed by atoms with E-state index in [1.165, 1.54) is 6.20 Å². The SMILES string of the molecule is [B]c1ccnc(NC(=O)N2c3nc(C(=O)NCC)ccc3N3CCC2C3)c1. The Morgan fingerprint density at radius 2 is 2.19 bits per heavy atom. The van der Waals surface area contributed by atoms with Crippen LogP contribution in [0.1, 0.15) is 23.8 Å². The molecule has 9 heteroatoms. The number of anilines is 3. The second-order valence-corrected chi connectivity index (χ2v) is 6.56. The third-order valence-electron chi connectivity index (χ3n) is 4.76. The highest BCUT2D eigenvalue weighted by Crippen LogP contribution is 2.39. The van der Waals surface area contributed by atoms with Crippen LogP contribution in [0.3, 0.4) is 0 Å². The number of aromatic nitrogens is 2. The van der Waals surface area contributed by atoms with Crippen LogP contribution in [0, 0.1) is 0 Å². The first-order valence-electron chi connectivity index (χ1n) is 8.92. The largest absolute Gasteiger partial charge is 0.366 e. The van der Waals surface area contributed by atoms with Crippen molar-refractivity contribution in [3.63, 3.8) is 0 Å². The van der Waals surface area contributed by atoms with Crippen LogP contribution in [0.2, 0.25) is 0 Å². The van der Waals surface area contributed by atoms with Crippen molar-refractivity contribution in [1.82, 2.24) is 15.3 Å². The Balaban J connectivity index is 1.68. The molecule has 2 bridgehead atoms. The fraction of sp³-hybridized carbons (Fsp3) is 0.333. The van der Waals surface area contributed by atoms with Gasteiger partial charge in [-0.15, -0.1) is 0 Å². The Morgan fingerprint density at radius 3 is 2.96 bits per heavy atom. The number of nitrogens with one attached hydrogen (secondary N) is 2. The topological polar surface area (TPSA) is 90.5 Å². The zero-order valence-electron chi connectivity index (χ0n) is 15.0. The summed E-state index contributed by atoms with van der Waals surface area (Å²) in [6, 6.07) is 6.46. The van der Waals surface area contributed by atoms with Crippen LogP contribution < -0.4 is 25.9 Å². The molecular weight excluding hydrogens is 343 g/mol. The van der Waals surface area contributed by atoms with E-state index in [2.05, 4.69) is 25.5 Å². The third-order valence-corrected chi connectivity index (χ3v) is 4.76. The van der Waals surface area contributed by atoms with Crippen molar-refractivity contribution in [3.8, 4) is 0 Å². The first-order chi connectivity index (χ1) is 13.1. The molecule has 2 aromatic rings. The number of urea groups is 1. The predicted molar refractivity (Wildman–Crippen MR) is 104 cm³/mol. The molecule has 1 unspecified atom stereocenters. The molecule has 2 aromatic heterocycles. The lowest BCUT2D eigenvalue weighted by atomic mass is 9.98. The highest BCUT2D eigenvalue weighted by molar-refractivity contribution is 6.32. The molecule has 0 spiro atoms. The van der Waals surface area contributed by atoms with Gasteiger partial charge in [0, 0.05) is 25.8 Å². The van der Waals surface area contributed by atoms with Crippen LogP contribution >= 0.6 is 0 Å². The maximum Gasteiger partial charge on any atom is 0.329 e. The summed E-state index contributed by atoms with van der Waals surface area (Å²) in [6.45, 7) is 3.95. The number of hydrogen-bond donors (Lipinski definition) is 2. The summed E-state index contributed by atoms with van der Waals surface area (Å²) < 4.78 is 0. The van der Waals surface area contributed by atoms with Crippen molar-refractivity contribution >= 4 is 42.6 Å². The van der Waals surface area contributed by atoms with Gasteiger partial charge in [0.25, 0.3) is 5.91 Å². The minimum atomic E-state index is -0.332. The maximum atomic E-state index is 13.0. The minimum Gasteiger partial charge on any atom is -0.366 e. The third kappa shape index (κ3) is 3.20. The van der Waals surface area contributed by atoms with Gasteiger partial charge < -0.3 is 10.2 Å². The minimum absolute atomic E-state index is 0.00412. The van der Waals surface area contributed by atoms with E-state index in [4.69, 9.17) is 7.85 Å². The predicted octanol–water partition coefficient (Wildman–Crippen LogP) is 0.651. The van der Waals surface area contributed by atoms with Crippen LogP contribution in [0.4, 0.5) is 22.1 Å². The summed E-state index contributed by atoms with van der Waals surface area (Å²) in [5.41, 5.74) is 1.66. The molecule has 2 aliphatic rings. The van der Waals surface area contributed by atoms with E-state index in [9.17, 15) is 9.59 Å². The molecule has 136 valence electrons. The maximum absolute atomic E-state index is 13.0. The lowest BCUT2D eigenvalue weighted by molar-refractivity contribution is 0.0951. The molecule has 1 atom stereocenters. The molecule has 8 nitrogen and oxygen atoms in total. The molecule has 3 amide bonds. The number of carbonyl (C=O) groups is 2. The molecule has 0 saturated carbocycles. The van der Waals surface area contributed by atoms with Crippen LogP contribution in [-0.4, -0.2) is 55.4 Å². The van der Waals surface area contributed by atoms with Gasteiger partial charge in [0.1, 0.15) is 19.4 Å². The second kappa shape index (κ2) is 6.90. The van der Waals surface area contributed by atoms with E-state index >= 15 is 0 Å². The average molecular weight is 362 g/mol. The molecule has 1 fully saturated rings. The highest BCUT2D eigenvalue weighted by Gasteiger charge is 2.40. The lowest BCUT2D eigenvalue weighted by Gasteiger charge is -2.35. The Morgan fingerprint density at radius 1 is 1.33 bits per heavy atom. The molecule has 2 radical (unpaired) electrons. The molecule has 0 aromatic carbocycles. The number of carbonyl (C=O) groups excluding carboxylic acids is 2. The second-order valence-electron chi connectivity index (χ2n) is 6.56. The fourth-order valence-corrected chi connectivity index (χ4v) is 3.53. The first-order valence-corrected chi connectivity index (χ1v) is 8.92. The van der Waals surface area contributed by atoms with Crippen molar-refractivity contribution in [3.05, 3.63) is 36.2 Å². The molecular formula is C18H19BN6O2. The zero-order chi connectivity index (χ0) is 19.0. The van der Waals surface area contributed by atoms with E-state index in [1.807, 2.05) is 13.0 Å². The van der Waals surface area contributed by atoms with E-state index < -0.39 is 0 Å². The Kier molecular flexibility index (Phi) is 4.43. The molecule has 1 saturated heterocycles. The van der Waals surface area contributed by atoms with Crippen LogP contribution in [-0.2, 0) is 0 Å². The number of hydrogen-bond acceptors (Lipinski definition) is 5. The van der Waals surface area contributed by atoms with Gasteiger partial charge in [-0.25, -0.2) is 14.8 Å². The smallest absolute Gasteiger partial charge is 0.329 e. The van der Waals surface area contributed by atoms with Gasteiger partial charge in [-0.05, 0) is 31.5 Å². The van der Waals surface area contributed by atoms with E-state index in [0.29, 0.717) is 23.6 Å². The summed E-state index contributed by atoms with van der Waals surface area (Å²) in [5.74, 6) is 0.613. The quantitative estimate of drug-likeness (QED) is 0.783. The average Bonchev–Trinajstić information content (AvgIpc) is 3.06. The van der Waals surface area contributed by atoms with Gasteiger partial charge in [-0.2, -0.15) is 0 Å². The zero-order valence-corrected chi connectivity index (χ0v) is 15.0. The molecule has 4 heterocycles. The van der Waals surface area contributed by atoms with Crippen molar-refractivity contribution in [2.75, 3.05) is 34.8 Å². The Labute approximate surface area is 158 Å². The Hall–Kier alpha value is -3.10. The van der Waals surface area contributed by atoms with E-state index in [1.54, 1.807) is 23.1 Å². The van der Waals surface area contributed by atoms with Crippen LogP contribution in [0.25, 0.3) is 0 Å². The van der Waals surface area contributed by atoms with Crippen molar-refractivity contribution < 1.29 is 9.59 Å². The molecule has 2 N–H and O–H groups in total. The molecule has 2 aliphatic heterocycles. The van der Waals surface area contributed by atoms with E-state index in [-0.39, 0.29) is 23.7 Å². The van der Waals surface area contributed by atoms with Gasteiger partial charge in [-0.1, -0.05) is 11.5 Å². The highest BCUT2D eigenvalue weighted by atomic mass is 16.2. The van der Waals surface area contributed by atoms with Crippen molar-refractivity contribution in [1.29, 1.82) is 0 Å². The number of pyridine rings is 2. The number of fused-ring (bicyclic) bond motifs is 4. The fourth-order valence-electron chi connectivity index (χ4n) is 3.53. The van der Waals surface area contributed by atoms with Gasteiger partial charge in [-0.3, -0.25) is 15.0 Å². The lowest BCUT2D eigenvalue weighted by Crippen LogP contribution is -2.48.